The molecule has 16 heavy (non-hydrogen) atoms. The van der Waals surface area contributed by atoms with Crippen molar-refractivity contribution >= 4 is 11.9 Å². The smallest absolute Gasteiger partial charge is 0.308 e. The number of carboxylic acids is 1. The summed E-state index contributed by atoms with van der Waals surface area (Å²) in [7, 11) is 1.46. The molecule has 94 valence electrons. The second-order valence-corrected chi connectivity index (χ2v) is 4.30. The maximum atomic E-state index is 12.0. The number of hydrogen-bond acceptors (Lipinski definition) is 3. The maximum absolute atomic E-state index is 12.0. The molecular weight excluding hydrogens is 210 g/mol. The molecule has 0 fully saturated rings. The molecule has 0 saturated carbocycles. The van der Waals surface area contributed by atoms with E-state index in [9.17, 15) is 9.59 Å². The highest BCUT2D eigenvalue weighted by atomic mass is 16.5. The van der Waals surface area contributed by atoms with Crippen molar-refractivity contribution in [1.82, 2.24) is 4.90 Å². The van der Waals surface area contributed by atoms with Crippen molar-refractivity contribution in [3.05, 3.63) is 0 Å². The van der Waals surface area contributed by atoms with Crippen LogP contribution < -0.4 is 0 Å². The number of carbonyl (C=O) groups is 2. The van der Waals surface area contributed by atoms with Crippen LogP contribution in [0.2, 0.25) is 0 Å². The minimum Gasteiger partial charge on any atom is -0.481 e. The average Bonchev–Trinajstić information content (AvgIpc) is 2.24. The van der Waals surface area contributed by atoms with E-state index in [0.717, 1.165) is 0 Å². The molecule has 0 aliphatic heterocycles. The zero-order chi connectivity index (χ0) is 12.9. The second-order valence-electron chi connectivity index (χ2n) is 4.30. The molecule has 0 aromatic rings. The number of rotatable bonds is 6. The van der Waals surface area contributed by atoms with E-state index >= 15 is 0 Å². The van der Waals surface area contributed by atoms with Crippen LogP contribution in [0.5, 0.6) is 0 Å². The van der Waals surface area contributed by atoms with E-state index in [4.69, 9.17) is 9.84 Å². The third-order valence-electron chi connectivity index (χ3n) is 2.61. The van der Waals surface area contributed by atoms with Gasteiger partial charge in [0.1, 0.15) is 5.60 Å². The van der Waals surface area contributed by atoms with Gasteiger partial charge >= 0.3 is 5.97 Å². The fourth-order valence-corrected chi connectivity index (χ4v) is 1.23. The Bertz CT molecular complexity index is 263. The molecule has 0 aliphatic rings. The van der Waals surface area contributed by atoms with Gasteiger partial charge in [0.05, 0.1) is 5.92 Å². The lowest BCUT2D eigenvalue weighted by molar-refractivity contribution is -0.153. The normalized spacial score (nSPS) is 13.3. The van der Waals surface area contributed by atoms with Gasteiger partial charge in [-0.2, -0.15) is 0 Å². The van der Waals surface area contributed by atoms with Crippen molar-refractivity contribution in [2.75, 3.05) is 20.2 Å². The average molecular weight is 231 g/mol. The molecule has 0 aliphatic carbocycles. The first kappa shape index (κ1) is 14.9. The number of methoxy groups -OCH3 is 1. The van der Waals surface area contributed by atoms with E-state index in [0.29, 0.717) is 6.54 Å². The number of ether oxygens (including phenoxy) is 1. The molecule has 1 N–H and O–H groups in total. The van der Waals surface area contributed by atoms with Crippen molar-refractivity contribution in [3.63, 3.8) is 0 Å². The Morgan fingerprint density at radius 1 is 1.44 bits per heavy atom. The van der Waals surface area contributed by atoms with Crippen LogP contribution in [0.1, 0.15) is 27.7 Å². The number of nitrogens with zero attached hydrogens (tertiary/aromatic N) is 1. The molecule has 1 atom stereocenters. The highest BCUT2D eigenvalue weighted by molar-refractivity contribution is 5.84. The van der Waals surface area contributed by atoms with Crippen LogP contribution >= 0.6 is 0 Å². The quantitative estimate of drug-likeness (QED) is 0.740. The predicted molar refractivity (Wildman–Crippen MR) is 60.1 cm³/mol. The molecule has 0 heterocycles. The van der Waals surface area contributed by atoms with E-state index in [1.54, 1.807) is 20.8 Å². The molecule has 0 radical (unpaired) electrons. The molecule has 0 aromatic heterocycles. The first-order chi connectivity index (χ1) is 7.26. The number of carbonyl (C=O) groups excluding carboxylic acids is 1. The Balaban J connectivity index is 4.62. The van der Waals surface area contributed by atoms with Gasteiger partial charge in [0.2, 0.25) is 0 Å². The zero-order valence-electron chi connectivity index (χ0n) is 10.6. The monoisotopic (exact) mass is 231 g/mol. The molecule has 5 nitrogen and oxygen atoms in total. The lowest BCUT2D eigenvalue weighted by Gasteiger charge is -2.31. The van der Waals surface area contributed by atoms with Crippen LogP contribution in [0, 0.1) is 5.92 Å². The number of likely N-dealkylation sites (N-methyl/N-ethyl adjacent to an activating group) is 1. The molecule has 0 aromatic carbocycles. The van der Waals surface area contributed by atoms with Crippen molar-refractivity contribution in [1.29, 1.82) is 0 Å². The third-order valence-corrected chi connectivity index (χ3v) is 2.61. The van der Waals surface area contributed by atoms with Gasteiger partial charge in [0, 0.05) is 20.2 Å². The van der Waals surface area contributed by atoms with Crippen molar-refractivity contribution in [3.8, 4) is 0 Å². The van der Waals surface area contributed by atoms with Gasteiger partial charge in [-0.3, -0.25) is 9.59 Å². The summed E-state index contributed by atoms with van der Waals surface area (Å²) in [6.45, 7) is 7.42. The van der Waals surface area contributed by atoms with Gasteiger partial charge in [0.25, 0.3) is 5.91 Å². The summed E-state index contributed by atoms with van der Waals surface area (Å²) < 4.78 is 5.09. The summed E-state index contributed by atoms with van der Waals surface area (Å²) in [6.07, 6.45) is 0. The number of carboxylic acid groups (broad SMARTS) is 1. The number of amides is 1. The van der Waals surface area contributed by atoms with Gasteiger partial charge in [-0.15, -0.1) is 0 Å². The third kappa shape index (κ3) is 3.81. The molecule has 0 bridgehead atoms. The molecule has 5 heteroatoms. The highest BCUT2D eigenvalue weighted by Crippen LogP contribution is 2.13. The number of hydrogen-bond donors (Lipinski definition) is 1. The van der Waals surface area contributed by atoms with E-state index in [1.807, 2.05) is 6.92 Å². The van der Waals surface area contributed by atoms with Gasteiger partial charge in [-0.05, 0) is 20.8 Å². The lowest BCUT2D eigenvalue weighted by atomic mass is 10.1. The summed E-state index contributed by atoms with van der Waals surface area (Å²) in [6, 6.07) is 0. The Labute approximate surface area is 96.4 Å². The van der Waals surface area contributed by atoms with E-state index in [2.05, 4.69) is 0 Å². The summed E-state index contributed by atoms with van der Waals surface area (Å²) >= 11 is 0. The van der Waals surface area contributed by atoms with E-state index in [1.165, 1.54) is 12.0 Å². The summed E-state index contributed by atoms with van der Waals surface area (Å²) in [5, 5.41) is 8.80. The van der Waals surface area contributed by atoms with Crippen LogP contribution in [0.15, 0.2) is 0 Å². The SMILES string of the molecule is CCN(CC(C)C(=O)O)C(=O)C(C)(C)OC. The largest absolute Gasteiger partial charge is 0.481 e. The molecule has 0 rings (SSSR count). The number of aliphatic carboxylic acids is 1. The van der Waals surface area contributed by atoms with E-state index < -0.39 is 17.5 Å². The molecule has 1 amide bonds. The lowest BCUT2D eigenvalue weighted by Crippen LogP contribution is -2.48. The second kappa shape index (κ2) is 5.84. The highest BCUT2D eigenvalue weighted by Gasteiger charge is 2.32. The summed E-state index contributed by atoms with van der Waals surface area (Å²) in [5.74, 6) is -1.66. The molecular formula is C11H21NO4. The van der Waals surface area contributed by atoms with Crippen LogP contribution in [0.4, 0.5) is 0 Å². The van der Waals surface area contributed by atoms with Gasteiger partial charge in [-0.1, -0.05) is 6.92 Å². The first-order valence-corrected chi connectivity index (χ1v) is 5.33. The summed E-state index contributed by atoms with van der Waals surface area (Å²) in [5.41, 5.74) is -0.908. The Kier molecular flexibility index (Phi) is 5.44. The fraction of sp³-hybridized carbons (Fsp3) is 0.818. The Morgan fingerprint density at radius 3 is 2.25 bits per heavy atom. The molecule has 0 saturated heterocycles. The topological polar surface area (TPSA) is 66.8 Å². The minimum atomic E-state index is -0.908. The minimum absolute atomic E-state index is 0.189. The van der Waals surface area contributed by atoms with Crippen molar-refractivity contribution < 1.29 is 19.4 Å². The van der Waals surface area contributed by atoms with Gasteiger partial charge < -0.3 is 14.7 Å². The Morgan fingerprint density at radius 2 is 1.94 bits per heavy atom. The standard InChI is InChI=1S/C11H21NO4/c1-6-12(7-8(2)9(13)14)10(15)11(3,4)16-5/h8H,6-7H2,1-5H3,(H,13,14). The van der Waals surface area contributed by atoms with Crippen LogP contribution in [0.25, 0.3) is 0 Å². The predicted octanol–water partition coefficient (Wildman–Crippen LogP) is 0.981. The van der Waals surface area contributed by atoms with Gasteiger partial charge in [-0.25, -0.2) is 0 Å². The zero-order valence-corrected chi connectivity index (χ0v) is 10.6. The molecule has 1 unspecified atom stereocenters. The van der Waals surface area contributed by atoms with Gasteiger partial charge in [0.15, 0.2) is 0 Å². The maximum Gasteiger partial charge on any atom is 0.308 e. The Hall–Kier alpha value is -1.10. The summed E-state index contributed by atoms with van der Waals surface area (Å²) in [4.78, 5) is 24.2. The fourth-order valence-electron chi connectivity index (χ4n) is 1.23. The van der Waals surface area contributed by atoms with E-state index in [-0.39, 0.29) is 12.5 Å². The van der Waals surface area contributed by atoms with Crippen LogP contribution in [0.3, 0.4) is 0 Å². The first-order valence-electron chi connectivity index (χ1n) is 5.33. The van der Waals surface area contributed by atoms with Crippen LogP contribution in [-0.2, 0) is 14.3 Å². The van der Waals surface area contributed by atoms with Crippen molar-refractivity contribution in [2.24, 2.45) is 5.92 Å². The van der Waals surface area contributed by atoms with Crippen LogP contribution in [-0.4, -0.2) is 47.7 Å². The van der Waals surface area contributed by atoms with Crippen molar-refractivity contribution in [2.45, 2.75) is 33.3 Å². The molecule has 0 spiro atoms.